The molecule has 1 amide bonds. The van der Waals surface area contributed by atoms with Gasteiger partial charge in [0, 0.05) is 44.3 Å². The van der Waals surface area contributed by atoms with Crippen LogP contribution in [0.1, 0.15) is 27.8 Å². The molecule has 1 aliphatic heterocycles. The van der Waals surface area contributed by atoms with Gasteiger partial charge in [-0.15, -0.1) is 0 Å². The van der Waals surface area contributed by atoms with Gasteiger partial charge in [-0.05, 0) is 47.1 Å². The third-order valence-electron chi connectivity index (χ3n) is 5.41. The lowest BCUT2D eigenvalue weighted by atomic mass is 10.1. The molecule has 0 spiro atoms. The van der Waals surface area contributed by atoms with Crippen molar-refractivity contribution in [2.24, 2.45) is 0 Å². The Labute approximate surface area is 184 Å². The summed E-state index contributed by atoms with van der Waals surface area (Å²) in [6, 6.07) is 5.92. The van der Waals surface area contributed by atoms with E-state index in [4.69, 9.17) is 4.42 Å². The van der Waals surface area contributed by atoms with Gasteiger partial charge in [0.1, 0.15) is 11.4 Å². The standard InChI is InChI=1S/C21H19BrFN3O5/c1-2-24-11-13(21(29)30)19(27)12-9-14(23)16(10-15(12)24)25-5-7-26(8-6-25)20(28)17-3-4-18(22)31-17/h3-4,9-11H,2,5-8H2,1H3,(H,29,30). The van der Waals surface area contributed by atoms with Crippen molar-refractivity contribution in [1.82, 2.24) is 9.47 Å². The van der Waals surface area contributed by atoms with Crippen LogP contribution in [0.4, 0.5) is 10.1 Å². The molecule has 8 nitrogen and oxygen atoms in total. The highest BCUT2D eigenvalue weighted by Crippen LogP contribution is 2.27. The number of amides is 1. The number of carboxylic acid groups (broad SMARTS) is 1. The molecule has 0 saturated carbocycles. The number of benzene rings is 1. The Morgan fingerprint density at radius 3 is 2.48 bits per heavy atom. The van der Waals surface area contributed by atoms with Crippen LogP contribution in [0, 0.1) is 5.82 Å². The summed E-state index contributed by atoms with van der Waals surface area (Å²) in [6.45, 7) is 3.80. The Kier molecular flexibility index (Phi) is 5.57. The number of carbonyl (C=O) groups excluding carboxylic acids is 1. The highest BCUT2D eigenvalue weighted by molar-refractivity contribution is 9.10. The molecule has 4 rings (SSSR count). The molecule has 10 heteroatoms. The summed E-state index contributed by atoms with van der Waals surface area (Å²) in [5.74, 6) is -1.95. The number of nitrogens with zero attached hydrogens (tertiary/aromatic N) is 3. The van der Waals surface area contributed by atoms with E-state index in [0.717, 1.165) is 6.07 Å². The van der Waals surface area contributed by atoms with Crippen molar-refractivity contribution in [1.29, 1.82) is 0 Å². The van der Waals surface area contributed by atoms with Crippen LogP contribution in [-0.4, -0.2) is 52.6 Å². The summed E-state index contributed by atoms with van der Waals surface area (Å²) in [7, 11) is 0. The topological polar surface area (TPSA) is 96.0 Å². The largest absolute Gasteiger partial charge is 0.477 e. The Morgan fingerprint density at radius 2 is 1.90 bits per heavy atom. The number of aromatic carboxylic acids is 1. The summed E-state index contributed by atoms with van der Waals surface area (Å²) >= 11 is 3.18. The number of hydrogen-bond donors (Lipinski definition) is 1. The van der Waals surface area contributed by atoms with Crippen LogP contribution in [0.2, 0.25) is 0 Å². The number of carbonyl (C=O) groups is 2. The smallest absolute Gasteiger partial charge is 0.341 e. The van der Waals surface area contributed by atoms with Gasteiger partial charge >= 0.3 is 5.97 Å². The number of fused-ring (bicyclic) bond motifs is 1. The van der Waals surface area contributed by atoms with E-state index in [1.165, 1.54) is 6.20 Å². The number of carboxylic acids is 1. The lowest BCUT2D eigenvalue weighted by Crippen LogP contribution is -2.49. The van der Waals surface area contributed by atoms with Crippen LogP contribution in [0.3, 0.4) is 0 Å². The molecule has 0 unspecified atom stereocenters. The summed E-state index contributed by atoms with van der Waals surface area (Å²) in [6.07, 6.45) is 1.28. The first-order valence-corrected chi connectivity index (χ1v) is 10.5. The van der Waals surface area contributed by atoms with E-state index in [-0.39, 0.29) is 17.1 Å². The van der Waals surface area contributed by atoms with Gasteiger partial charge in [0.15, 0.2) is 10.4 Å². The van der Waals surface area contributed by atoms with E-state index in [1.54, 1.807) is 27.7 Å². The monoisotopic (exact) mass is 491 g/mol. The fourth-order valence-corrected chi connectivity index (χ4v) is 4.10. The number of pyridine rings is 1. The molecule has 1 aromatic carbocycles. The number of rotatable bonds is 4. The molecule has 3 aromatic rings. The second-order valence-electron chi connectivity index (χ2n) is 7.17. The Hall–Kier alpha value is -3.14. The molecule has 1 saturated heterocycles. The molecule has 0 aliphatic carbocycles. The molecule has 3 heterocycles. The van der Waals surface area contributed by atoms with Crippen LogP contribution < -0.4 is 10.3 Å². The molecule has 0 bridgehead atoms. The van der Waals surface area contributed by atoms with E-state index in [1.807, 2.05) is 11.8 Å². The van der Waals surface area contributed by atoms with Crippen molar-refractivity contribution >= 4 is 44.4 Å². The van der Waals surface area contributed by atoms with E-state index in [9.17, 15) is 23.9 Å². The summed E-state index contributed by atoms with van der Waals surface area (Å²) in [4.78, 5) is 39.9. The molecule has 0 atom stereocenters. The van der Waals surface area contributed by atoms with Gasteiger partial charge in [-0.2, -0.15) is 0 Å². The number of halogens is 2. The Balaban J connectivity index is 1.62. The van der Waals surface area contributed by atoms with Gasteiger partial charge in [-0.1, -0.05) is 0 Å². The molecule has 1 fully saturated rings. The first-order valence-electron chi connectivity index (χ1n) is 9.69. The number of aryl methyl sites for hydroxylation is 1. The van der Waals surface area contributed by atoms with Crippen molar-refractivity contribution in [2.75, 3.05) is 31.1 Å². The number of furan rings is 1. The first-order chi connectivity index (χ1) is 14.8. The second kappa shape index (κ2) is 8.18. The number of piperazine rings is 1. The zero-order valence-corrected chi connectivity index (χ0v) is 18.2. The highest BCUT2D eigenvalue weighted by atomic mass is 79.9. The van der Waals surface area contributed by atoms with Gasteiger partial charge in [0.2, 0.25) is 5.43 Å². The van der Waals surface area contributed by atoms with Crippen molar-refractivity contribution in [2.45, 2.75) is 13.5 Å². The van der Waals surface area contributed by atoms with Gasteiger partial charge in [0.25, 0.3) is 5.91 Å². The van der Waals surface area contributed by atoms with E-state index in [0.29, 0.717) is 48.6 Å². The summed E-state index contributed by atoms with van der Waals surface area (Å²) in [5, 5.41) is 9.30. The van der Waals surface area contributed by atoms with Gasteiger partial charge in [-0.25, -0.2) is 9.18 Å². The summed E-state index contributed by atoms with van der Waals surface area (Å²) in [5.41, 5.74) is -0.325. The molecule has 0 radical (unpaired) electrons. The fraction of sp³-hybridized carbons (Fsp3) is 0.286. The Bertz CT molecular complexity index is 1240. The van der Waals surface area contributed by atoms with E-state index in [2.05, 4.69) is 15.9 Å². The zero-order valence-electron chi connectivity index (χ0n) is 16.6. The van der Waals surface area contributed by atoms with Crippen LogP contribution in [0.15, 0.2) is 44.3 Å². The number of hydrogen-bond acceptors (Lipinski definition) is 5. The third-order valence-corrected chi connectivity index (χ3v) is 5.84. The quantitative estimate of drug-likeness (QED) is 0.601. The average molecular weight is 492 g/mol. The predicted octanol–water partition coefficient (Wildman–Crippen LogP) is 3.18. The van der Waals surface area contributed by atoms with Gasteiger partial charge < -0.3 is 23.9 Å². The van der Waals surface area contributed by atoms with E-state index >= 15 is 0 Å². The van der Waals surface area contributed by atoms with Crippen LogP contribution in [0.5, 0.6) is 0 Å². The lowest BCUT2D eigenvalue weighted by Gasteiger charge is -2.36. The second-order valence-corrected chi connectivity index (χ2v) is 7.95. The maximum atomic E-state index is 14.9. The van der Waals surface area contributed by atoms with Crippen LogP contribution in [-0.2, 0) is 6.54 Å². The molecule has 1 aliphatic rings. The molecule has 2 aromatic heterocycles. The van der Waals surface area contributed by atoms with Gasteiger partial charge in [-0.3, -0.25) is 9.59 Å². The molecular formula is C21H19BrFN3O5. The first kappa shape index (κ1) is 21.1. The average Bonchev–Trinajstić information content (AvgIpc) is 3.19. The molecule has 31 heavy (non-hydrogen) atoms. The molecular weight excluding hydrogens is 473 g/mol. The minimum atomic E-state index is -1.34. The summed E-state index contributed by atoms with van der Waals surface area (Å²) < 4.78 is 22.4. The minimum absolute atomic E-state index is 0.0280. The van der Waals surface area contributed by atoms with Crippen molar-refractivity contribution in [3.05, 3.63) is 62.5 Å². The zero-order chi connectivity index (χ0) is 22.3. The van der Waals surface area contributed by atoms with Crippen LogP contribution in [0.25, 0.3) is 10.9 Å². The maximum absolute atomic E-state index is 14.9. The highest BCUT2D eigenvalue weighted by Gasteiger charge is 2.26. The minimum Gasteiger partial charge on any atom is -0.477 e. The van der Waals surface area contributed by atoms with E-state index < -0.39 is 22.8 Å². The maximum Gasteiger partial charge on any atom is 0.341 e. The van der Waals surface area contributed by atoms with Crippen molar-refractivity contribution < 1.29 is 23.5 Å². The van der Waals surface area contributed by atoms with Crippen molar-refractivity contribution in [3.8, 4) is 0 Å². The number of aromatic nitrogens is 1. The number of anilines is 1. The molecule has 162 valence electrons. The lowest BCUT2D eigenvalue weighted by molar-refractivity contribution is 0.0691. The van der Waals surface area contributed by atoms with Gasteiger partial charge in [0.05, 0.1) is 11.2 Å². The van der Waals surface area contributed by atoms with Crippen molar-refractivity contribution in [3.63, 3.8) is 0 Å². The fourth-order valence-electron chi connectivity index (χ4n) is 3.79. The van der Waals surface area contributed by atoms with Crippen LogP contribution >= 0.6 is 15.9 Å². The normalized spacial score (nSPS) is 14.3. The molecule has 1 N–H and O–H groups in total. The third kappa shape index (κ3) is 3.83. The SMILES string of the molecule is CCn1cc(C(=O)O)c(=O)c2cc(F)c(N3CCN(C(=O)c4ccc(Br)o4)CC3)cc21. The predicted molar refractivity (Wildman–Crippen MR) is 115 cm³/mol. The Morgan fingerprint density at radius 1 is 1.19 bits per heavy atom.